The molecular formula is C16H14F2N2O. The van der Waals surface area contributed by atoms with Crippen LogP contribution in [0.1, 0.15) is 16.7 Å². The van der Waals surface area contributed by atoms with Crippen LogP contribution >= 0.6 is 0 Å². The molecule has 2 rings (SSSR count). The van der Waals surface area contributed by atoms with E-state index in [9.17, 15) is 8.78 Å². The van der Waals surface area contributed by atoms with Gasteiger partial charge in [-0.15, -0.1) is 0 Å². The van der Waals surface area contributed by atoms with Gasteiger partial charge in [0.1, 0.15) is 30.1 Å². The van der Waals surface area contributed by atoms with Crippen molar-refractivity contribution in [2.24, 2.45) is 5.73 Å². The molecule has 2 N–H and O–H groups in total. The maximum atomic E-state index is 13.4. The Labute approximate surface area is 121 Å². The monoisotopic (exact) mass is 288 g/mol. The molecule has 2 aromatic carbocycles. The summed E-state index contributed by atoms with van der Waals surface area (Å²) < 4.78 is 32.1. The van der Waals surface area contributed by atoms with E-state index >= 15 is 0 Å². The number of benzene rings is 2. The largest absolute Gasteiger partial charge is 0.489 e. The van der Waals surface area contributed by atoms with E-state index in [0.717, 1.165) is 5.56 Å². The Morgan fingerprint density at radius 1 is 1.10 bits per heavy atom. The Bertz CT molecular complexity index is 680. The minimum atomic E-state index is -0.572. The first-order chi connectivity index (χ1) is 10.1. The van der Waals surface area contributed by atoms with Crippen LogP contribution in [0, 0.1) is 23.0 Å². The molecule has 0 fully saturated rings. The summed E-state index contributed by atoms with van der Waals surface area (Å²) in [6, 6.07) is 10.3. The Morgan fingerprint density at radius 3 is 2.62 bits per heavy atom. The summed E-state index contributed by atoms with van der Waals surface area (Å²) in [6.45, 7) is 0.548. The number of hydrogen-bond acceptors (Lipinski definition) is 3. The third-order valence-electron chi connectivity index (χ3n) is 2.92. The van der Waals surface area contributed by atoms with Crippen molar-refractivity contribution in [2.45, 2.75) is 13.0 Å². The van der Waals surface area contributed by atoms with Gasteiger partial charge in [-0.2, -0.15) is 5.26 Å². The molecule has 5 heteroatoms. The van der Waals surface area contributed by atoms with Gasteiger partial charge in [0.15, 0.2) is 0 Å². The van der Waals surface area contributed by atoms with Crippen LogP contribution in [0.3, 0.4) is 0 Å². The lowest BCUT2D eigenvalue weighted by molar-refractivity contribution is 0.304. The van der Waals surface area contributed by atoms with Crippen molar-refractivity contribution in [3.8, 4) is 11.8 Å². The Balaban J connectivity index is 2.11. The van der Waals surface area contributed by atoms with E-state index < -0.39 is 11.6 Å². The van der Waals surface area contributed by atoms with Crippen LogP contribution in [0.4, 0.5) is 8.78 Å². The average molecular weight is 288 g/mol. The molecule has 0 unspecified atom stereocenters. The third-order valence-corrected chi connectivity index (χ3v) is 2.92. The van der Waals surface area contributed by atoms with E-state index in [-0.39, 0.29) is 12.2 Å². The van der Waals surface area contributed by atoms with Gasteiger partial charge in [-0.05, 0) is 48.4 Å². The van der Waals surface area contributed by atoms with Crippen LogP contribution in [-0.4, -0.2) is 6.54 Å². The Hall–Kier alpha value is -2.45. The molecule has 0 spiro atoms. The van der Waals surface area contributed by atoms with Crippen molar-refractivity contribution in [3.63, 3.8) is 0 Å². The van der Waals surface area contributed by atoms with Crippen LogP contribution in [0.2, 0.25) is 0 Å². The average Bonchev–Trinajstić information content (AvgIpc) is 2.46. The van der Waals surface area contributed by atoms with Gasteiger partial charge >= 0.3 is 0 Å². The maximum absolute atomic E-state index is 13.4. The summed E-state index contributed by atoms with van der Waals surface area (Å²) in [7, 11) is 0. The van der Waals surface area contributed by atoms with E-state index in [2.05, 4.69) is 0 Å². The molecule has 0 saturated carbocycles. The SMILES string of the molecule is N#Cc1cc(COc2cc(F)cc(CCN)c2)ccc1F. The number of halogens is 2. The topological polar surface area (TPSA) is 59.0 Å². The first-order valence-corrected chi connectivity index (χ1v) is 6.43. The molecule has 0 heterocycles. The van der Waals surface area contributed by atoms with Crippen LogP contribution in [0.15, 0.2) is 36.4 Å². The smallest absolute Gasteiger partial charge is 0.140 e. The molecule has 0 aliphatic rings. The normalized spacial score (nSPS) is 10.2. The van der Waals surface area contributed by atoms with E-state index in [1.54, 1.807) is 12.1 Å². The second-order valence-corrected chi connectivity index (χ2v) is 4.55. The standard InChI is InChI=1S/C16H14F2N2O/c17-14-6-11(3-4-19)7-15(8-14)21-10-12-1-2-16(18)13(5-12)9-20/h1-2,5-8H,3-4,10,19H2. The molecule has 3 nitrogen and oxygen atoms in total. The Kier molecular flexibility index (Phi) is 4.85. The van der Waals surface area contributed by atoms with E-state index in [1.165, 1.54) is 30.3 Å². The van der Waals surface area contributed by atoms with Crippen molar-refractivity contribution < 1.29 is 13.5 Å². The Morgan fingerprint density at radius 2 is 1.90 bits per heavy atom. The minimum absolute atomic E-state index is 0.0424. The highest BCUT2D eigenvalue weighted by molar-refractivity contribution is 5.35. The highest BCUT2D eigenvalue weighted by atomic mass is 19.1. The molecule has 0 aliphatic carbocycles. The molecule has 0 bridgehead atoms. The summed E-state index contributed by atoms with van der Waals surface area (Å²) in [4.78, 5) is 0. The predicted octanol–water partition coefficient (Wildman–Crippen LogP) is 2.92. The lowest BCUT2D eigenvalue weighted by Crippen LogP contribution is -2.04. The van der Waals surface area contributed by atoms with Crippen molar-refractivity contribution in [1.82, 2.24) is 0 Å². The summed E-state index contributed by atoms with van der Waals surface area (Å²) in [5.74, 6) is -0.591. The number of nitrogens with zero attached hydrogens (tertiary/aromatic N) is 1. The van der Waals surface area contributed by atoms with Crippen LogP contribution < -0.4 is 10.5 Å². The molecule has 0 radical (unpaired) electrons. The number of hydrogen-bond donors (Lipinski definition) is 1. The van der Waals surface area contributed by atoms with Gasteiger partial charge in [-0.25, -0.2) is 8.78 Å². The minimum Gasteiger partial charge on any atom is -0.489 e. The zero-order valence-corrected chi connectivity index (χ0v) is 11.3. The number of ether oxygens (including phenoxy) is 1. The molecule has 2 aromatic rings. The summed E-state index contributed by atoms with van der Waals surface area (Å²) in [5, 5.41) is 8.77. The molecule has 0 aromatic heterocycles. The van der Waals surface area contributed by atoms with Crippen LogP contribution in [-0.2, 0) is 13.0 Å². The number of nitrogens with two attached hydrogens (primary N) is 1. The van der Waals surface area contributed by atoms with Gasteiger partial charge in [-0.3, -0.25) is 0 Å². The second-order valence-electron chi connectivity index (χ2n) is 4.55. The van der Waals surface area contributed by atoms with Gasteiger partial charge < -0.3 is 10.5 Å². The molecule has 0 saturated heterocycles. The van der Waals surface area contributed by atoms with E-state index in [0.29, 0.717) is 24.3 Å². The number of nitriles is 1. The lowest BCUT2D eigenvalue weighted by Gasteiger charge is -2.09. The molecule has 0 aliphatic heterocycles. The predicted molar refractivity (Wildman–Crippen MR) is 74.6 cm³/mol. The van der Waals surface area contributed by atoms with Crippen LogP contribution in [0.5, 0.6) is 5.75 Å². The zero-order valence-electron chi connectivity index (χ0n) is 11.3. The van der Waals surface area contributed by atoms with Crippen molar-refractivity contribution in [2.75, 3.05) is 6.54 Å². The highest BCUT2D eigenvalue weighted by Gasteiger charge is 2.05. The summed E-state index contributed by atoms with van der Waals surface area (Å²) in [5.41, 5.74) is 6.79. The van der Waals surface area contributed by atoms with Crippen LogP contribution in [0.25, 0.3) is 0 Å². The zero-order chi connectivity index (χ0) is 15.2. The number of rotatable bonds is 5. The summed E-state index contributed by atoms with van der Waals surface area (Å²) in [6.07, 6.45) is 0.559. The first-order valence-electron chi connectivity index (χ1n) is 6.43. The molecule has 21 heavy (non-hydrogen) atoms. The van der Waals surface area contributed by atoms with Gasteiger partial charge in [0.05, 0.1) is 5.56 Å². The fraction of sp³-hybridized carbons (Fsp3) is 0.188. The van der Waals surface area contributed by atoms with Crippen molar-refractivity contribution in [3.05, 3.63) is 64.7 Å². The molecule has 0 amide bonds. The third kappa shape index (κ3) is 4.01. The fourth-order valence-electron chi connectivity index (χ4n) is 1.93. The van der Waals surface area contributed by atoms with E-state index in [4.69, 9.17) is 15.7 Å². The van der Waals surface area contributed by atoms with E-state index in [1.807, 2.05) is 0 Å². The van der Waals surface area contributed by atoms with Crippen molar-refractivity contribution in [1.29, 1.82) is 5.26 Å². The molecule has 0 atom stereocenters. The summed E-state index contributed by atoms with van der Waals surface area (Å²) >= 11 is 0. The maximum Gasteiger partial charge on any atom is 0.140 e. The first kappa shape index (κ1) is 14.9. The second kappa shape index (κ2) is 6.82. The van der Waals surface area contributed by atoms with Gasteiger partial charge in [0.25, 0.3) is 0 Å². The van der Waals surface area contributed by atoms with Gasteiger partial charge in [-0.1, -0.05) is 6.07 Å². The fourth-order valence-corrected chi connectivity index (χ4v) is 1.93. The molecular weight excluding hydrogens is 274 g/mol. The van der Waals surface area contributed by atoms with Gasteiger partial charge in [0.2, 0.25) is 0 Å². The highest BCUT2D eigenvalue weighted by Crippen LogP contribution is 2.19. The van der Waals surface area contributed by atoms with Gasteiger partial charge in [0, 0.05) is 6.07 Å². The quantitative estimate of drug-likeness (QED) is 0.920. The lowest BCUT2D eigenvalue weighted by atomic mass is 10.1. The molecule has 108 valence electrons. The van der Waals surface area contributed by atoms with Crippen molar-refractivity contribution >= 4 is 0 Å².